The molecule has 0 aliphatic carbocycles. The summed E-state index contributed by atoms with van der Waals surface area (Å²) in [6.45, 7) is 4.27. The quantitative estimate of drug-likeness (QED) is 0.0523. The van der Waals surface area contributed by atoms with Gasteiger partial charge in [-0.05, 0) is 41.8 Å². The van der Waals surface area contributed by atoms with E-state index in [9.17, 15) is 15.5 Å². The van der Waals surface area contributed by atoms with Gasteiger partial charge in [0.05, 0.1) is 25.1 Å². The van der Waals surface area contributed by atoms with Crippen molar-refractivity contribution >= 4 is 28.9 Å². The summed E-state index contributed by atoms with van der Waals surface area (Å²) in [4.78, 5) is 27.0. The minimum atomic E-state index is -1.35. The molecule has 2 fully saturated rings. The third-order valence-corrected chi connectivity index (χ3v) is 9.92. The summed E-state index contributed by atoms with van der Waals surface area (Å²) in [6.07, 6.45) is 1.16. The summed E-state index contributed by atoms with van der Waals surface area (Å²) in [6, 6.07) is 26.1. The number of hydrogen-bond donors (Lipinski definition) is 5. The highest BCUT2D eigenvalue weighted by Gasteiger charge is 2.47. The SMILES string of the molecule is CCn1nnc([C@H]2O[C@@H](n3cnc4c(NCC(c5ccccc5)c5ccccc5)nc(N5CC[C@@H](N/C(=N\Cc6ccccn6)NC#N)C5)nc43)[C@H](O)[C@@H]2O)n1. The fraction of sp³-hybridized carbons (Fsp3) is 0.342. The van der Waals surface area contributed by atoms with E-state index in [0.29, 0.717) is 68.0 Å². The first kappa shape index (κ1) is 36.4. The first-order valence-corrected chi connectivity index (χ1v) is 18.5. The molecule has 2 aliphatic rings. The number of aliphatic hydroxyl groups excluding tert-OH is 2. The van der Waals surface area contributed by atoms with E-state index in [1.807, 2.05) is 72.6 Å². The molecule has 18 heteroatoms. The predicted molar refractivity (Wildman–Crippen MR) is 205 cm³/mol. The van der Waals surface area contributed by atoms with Crippen LogP contribution in [0.15, 0.2) is 96.4 Å². The number of aliphatic imine (C=N–C) groups is 1. The van der Waals surface area contributed by atoms with Crippen LogP contribution >= 0.6 is 0 Å². The number of ether oxygens (including phenoxy) is 1. The molecule has 0 amide bonds. The highest BCUT2D eigenvalue weighted by molar-refractivity contribution is 5.85. The molecule has 5 N–H and O–H groups in total. The Balaban J connectivity index is 1.10. The van der Waals surface area contributed by atoms with Gasteiger partial charge in [0.2, 0.25) is 17.7 Å². The molecule has 286 valence electrons. The van der Waals surface area contributed by atoms with E-state index in [0.717, 1.165) is 16.8 Å². The van der Waals surface area contributed by atoms with Gasteiger partial charge in [0.1, 0.15) is 12.2 Å². The van der Waals surface area contributed by atoms with Crippen molar-refractivity contribution in [2.24, 2.45) is 4.99 Å². The lowest BCUT2D eigenvalue weighted by atomic mass is 9.91. The van der Waals surface area contributed by atoms with Crippen molar-refractivity contribution in [3.8, 4) is 6.19 Å². The van der Waals surface area contributed by atoms with Gasteiger partial charge in [0.25, 0.3) is 0 Å². The second-order valence-electron chi connectivity index (χ2n) is 13.5. The van der Waals surface area contributed by atoms with Gasteiger partial charge in [0.15, 0.2) is 35.5 Å². The maximum atomic E-state index is 11.3. The van der Waals surface area contributed by atoms with Crippen molar-refractivity contribution < 1.29 is 14.9 Å². The molecule has 0 spiro atoms. The number of nitrogens with one attached hydrogen (secondary N) is 3. The lowest BCUT2D eigenvalue weighted by Crippen LogP contribution is -2.43. The number of fused-ring (bicyclic) bond motifs is 1. The number of anilines is 2. The number of rotatable bonds is 12. The van der Waals surface area contributed by atoms with Crippen LogP contribution in [0.1, 0.15) is 54.2 Å². The van der Waals surface area contributed by atoms with Crippen LogP contribution in [0.25, 0.3) is 11.2 Å². The fourth-order valence-corrected chi connectivity index (χ4v) is 7.04. The van der Waals surface area contributed by atoms with E-state index in [1.54, 1.807) is 10.8 Å². The zero-order valence-corrected chi connectivity index (χ0v) is 30.5. The molecule has 6 heterocycles. The third-order valence-electron chi connectivity index (χ3n) is 9.92. The van der Waals surface area contributed by atoms with Crippen LogP contribution in [0.2, 0.25) is 0 Å². The molecule has 2 saturated heterocycles. The van der Waals surface area contributed by atoms with E-state index in [1.165, 1.54) is 11.1 Å². The molecule has 18 nitrogen and oxygen atoms in total. The number of aryl methyl sites for hydroxylation is 1. The number of aromatic nitrogens is 9. The number of pyridine rings is 1. The van der Waals surface area contributed by atoms with E-state index in [-0.39, 0.29) is 17.8 Å². The average molecular weight is 756 g/mol. The van der Waals surface area contributed by atoms with E-state index in [2.05, 4.69) is 65.6 Å². The number of nitriles is 1. The second-order valence-corrected chi connectivity index (χ2v) is 13.5. The summed E-state index contributed by atoms with van der Waals surface area (Å²) >= 11 is 0. The van der Waals surface area contributed by atoms with Gasteiger partial charge in [0, 0.05) is 37.8 Å². The van der Waals surface area contributed by atoms with Gasteiger partial charge in [-0.1, -0.05) is 66.7 Å². The maximum absolute atomic E-state index is 11.3. The highest BCUT2D eigenvalue weighted by Crippen LogP contribution is 2.39. The van der Waals surface area contributed by atoms with Crippen LogP contribution in [-0.4, -0.2) is 98.8 Å². The lowest BCUT2D eigenvalue weighted by Gasteiger charge is -2.22. The summed E-state index contributed by atoms with van der Waals surface area (Å²) in [5.74, 6) is 1.44. The fourth-order valence-electron chi connectivity index (χ4n) is 7.04. The Hall–Kier alpha value is -6.55. The summed E-state index contributed by atoms with van der Waals surface area (Å²) in [7, 11) is 0. The van der Waals surface area contributed by atoms with Crippen LogP contribution in [0, 0.1) is 11.5 Å². The van der Waals surface area contributed by atoms with Gasteiger partial charge in [-0.3, -0.25) is 14.9 Å². The largest absolute Gasteiger partial charge is 0.387 e. The Bertz CT molecular complexity index is 2260. The Kier molecular flexibility index (Phi) is 10.7. The number of imidazole rings is 1. The molecule has 4 aromatic heterocycles. The standard InChI is InChI=1S/C38H41N15O3/c1-2-53-49-34(48-50-53)32-30(54)31(55)36(56-32)52-23-44-29-33(41-20-28(24-11-5-3-6-12-24)25-13-7-4-8-14-25)46-38(47-35(29)52)51-18-16-27(21-51)45-37(43-22-39)42-19-26-15-9-10-17-40-26/h3-15,17,23,27-28,30-32,36,54-55H,2,16,18-21H2,1H3,(H,41,46,47)(H2,42,43,45)/t27-,30+,31-,32+,36-/m1/s1. The van der Waals surface area contributed by atoms with Crippen molar-refractivity contribution in [2.75, 3.05) is 29.9 Å². The molecule has 0 saturated carbocycles. The number of benzene rings is 2. The van der Waals surface area contributed by atoms with Crippen LogP contribution < -0.4 is 20.9 Å². The van der Waals surface area contributed by atoms with Crippen molar-refractivity contribution in [1.29, 1.82) is 5.26 Å². The van der Waals surface area contributed by atoms with Crippen LogP contribution in [-0.2, 0) is 17.8 Å². The number of hydrogen-bond acceptors (Lipinski definition) is 14. The monoisotopic (exact) mass is 755 g/mol. The maximum Gasteiger partial charge on any atom is 0.229 e. The molecule has 0 unspecified atom stereocenters. The molecule has 6 aromatic rings. The number of aliphatic hydroxyl groups is 2. The summed E-state index contributed by atoms with van der Waals surface area (Å²) < 4.78 is 7.84. The third kappa shape index (κ3) is 7.68. The van der Waals surface area contributed by atoms with E-state index < -0.39 is 24.5 Å². The minimum absolute atomic E-state index is 0.00956. The zero-order valence-electron chi connectivity index (χ0n) is 30.5. The number of guanidine groups is 1. The van der Waals surface area contributed by atoms with Gasteiger partial charge in [-0.15, -0.1) is 10.2 Å². The number of tetrazole rings is 1. The first-order valence-electron chi connectivity index (χ1n) is 18.5. The molecular weight excluding hydrogens is 715 g/mol. The topological polar surface area (TPSA) is 225 Å². The predicted octanol–water partition coefficient (Wildman–Crippen LogP) is 2.26. The summed E-state index contributed by atoms with van der Waals surface area (Å²) in [5, 5.41) is 53.8. The van der Waals surface area contributed by atoms with E-state index >= 15 is 0 Å². The average Bonchev–Trinajstić information content (AvgIpc) is 4.06. The molecular formula is C38H41N15O3. The summed E-state index contributed by atoms with van der Waals surface area (Å²) in [5.41, 5.74) is 3.92. The van der Waals surface area contributed by atoms with Gasteiger partial charge in [-0.2, -0.15) is 20.0 Å². The molecule has 5 atom stereocenters. The second kappa shape index (κ2) is 16.4. The molecule has 8 rings (SSSR count). The Morgan fingerprint density at radius 3 is 2.46 bits per heavy atom. The van der Waals surface area contributed by atoms with Gasteiger partial charge >= 0.3 is 0 Å². The minimum Gasteiger partial charge on any atom is -0.387 e. The smallest absolute Gasteiger partial charge is 0.229 e. The first-order chi connectivity index (χ1) is 27.5. The Morgan fingerprint density at radius 1 is 1.00 bits per heavy atom. The number of nitrogens with zero attached hydrogens (tertiary/aromatic N) is 12. The van der Waals surface area contributed by atoms with Crippen LogP contribution in [0.3, 0.4) is 0 Å². The highest BCUT2D eigenvalue weighted by atomic mass is 16.6. The molecule has 0 radical (unpaired) electrons. The van der Waals surface area contributed by atoms with Crippen molar-refractivity contribution in [3.63, 3.8) is 0 Å². The van der Waals surface area contributed by atoms with E-state index in [4.69, 9.17) is 19.7 Å². The molecule has 56 heavy (non-hydrogen) atoms. The zero-order chi connectivity index (χ0) is 38.4. The van der Waals surface area contributed by atoms with Crippen LogP contribution in [0.5, 0.6) is 0 Å². The molecule has 2 aliphatic heterocycles. The van der Waals surface area contributed by atoms with Gasteiger partial charge in [-0.25, -0.2) is 9.98 Å². The Labute approximate surface area is 321 Å². The molecule has 2 aromatic carbocycles. The van der Waals surface area contributed by atoms with Crippen molar-refractivity contribution in [3.05, 3.63) is 114 Å². The lowest BCUT2D eigenvalue weighted by molar-refractivity contribution is -0.0384. The van der Waals surface area contributed by atoms with Gasteiger partial charge < -0.3 is 30.5 Å². The molecule has 0 bridgehead atoms. The normalized spacial score (nSPS) is 21.1. The Morgan fingerprint density at radius 2 is 1.77 bits per heavy atom. The van der Waals surface area contributed by atoms with Crippen LogP contribution in [0.4, 0.5) is 11.8 Å². The van der Waals surface area contributed by atoms with Crippen molar-refractivity contribution in [2.45, 2.75) is 62.9 Å². The van der Waals surface area contributed by atoms with Crippen molar-refractivity contribution in [1.82, 2.24) is 55.3 Å².